The zero-order valence-corrected chi connectivity index (χ0v) is 12.5. The van der Waals surface area contributed by atoms with Crippen LogP contribution in [0.15, 0.2) is 29.0 Å². The van der Waals surface area contributed by atoms with E-state index in [2.05, 4.69) is 21.0 Å². The van der Waals surface area contributed by atoms with Crippen molar-refractivity contribution < 1.29 is 4.79 Å². The molecular weight excluding hydrogens is 320 g/mol. The van der Waals surface area contributed by atoms with Crippen molar-refractivity contribution >= 4 is 27.4 Å². The number of nitrogens with two attached hydrogens (primary N) is 1. The largest absolute Gasteiger partial charge is 0.336 e. The maximum atomic E-state index is 12.6. The molecule has 2 N–H and O–H groups in total. The van der Waals surface area contributed by atoms with Crippen LogP contribution in [0, 0.1) is 5.92 Å². The van der Waals surface area contributed by atoms with Crippen LogP contribution in [0.3, 0.4) is 0 Å². The first-order chi connectivity index (χ1) is 9.57. The minimum atomic E-state index is -0.130. The Morgan fingerprint density at radius 3 is 3.00 bits per heavy atom. The average molecular weight is 335 g/mol. The molecule has 0 radical (unpaired) electrons. The fourth-order valence-electron chi connectivity index (χ4n) is 3.30. The molecule has 104 valence electrons. The normalized spacial score (nSPS) is 28.5. The van der Waals surface area contributed by atoms with E-state index >= 15 is 0 Å². The molecule has 2 fully saturated rings. The number of likely N-dealkylation sites (tertiary alicyclic amines) is 1. The molecule has 2 aromatic rings. The Morgan fingerprint density at radius 1 is 1.50 bits per heavy atom. The molecule has 2 aromatic heterocycles. The topological polar surface area (TPSA) is 63.6 Å². The fourth-order valence-corrected chi connectivity index (χ4v) is 3.71. The molecule has 1 saturated heterocycles. The summed E-state index contributed by atoms with van der Waals surface area (Å²) in [7, 11) is 0. The van der Waals surface area contributed by atoms with Gasteiger partial charge in [-0.05, 0) is 46.8 Å². The van der Waals surface area contributed by atoms with Gasteiger partial charge < -0.3 is 10.6 Å². The Labute approximate surface area is 124 Å². The standard InChI is InChI=1S/C14H15BrN4O/c15-11-5-17-19-6-9(1-2-12(11)19)13(20)18-7-10-3-4-14(10,16)8-18/h1-2,5-6,10H,3-4,7-8,16H2/t10-,14-/m0/s1. The number of rotatable bonds is 1. The Morgan fingerprint density at radius 2 is 2.35 bits per heavy atom. The summed E-state index contributed by atoms with van der Waals surface area (Å²) in [5.41, 5.74) is 7.78. The van der Waals surface area contributed by atoms with Gasteiger partial charge >= 0.3 is 0 Å². The zero-order chi connectivity index (χ0) is 13.9. The van der Waals surface area contributed by atoms with Gasteiger partial charge in [0.1, 0.15) is 0 Å². The second-order valence-corrected chi connectivity index (χ2v) is 6.75. The first-order valence-corrected chi connectivity index (χ1v) is 7.57. The number of hydrogen-bond donors (Lipinski definition) is 1. The number of nitrogens with zero attached hydrogens (tertiary/aromatic N) is 3. The van der Waals surface area contributed by atoms with Gasteiger partial charge in [-0.3, -0.25) is 4.79 Å². The maximum Gasteiger partial charge on any atom is 0.255 e. The van der Waals surface area contributed by atoms with Gasteiger partial charge in [-0.2, -0.15) is 5.10 Å². The van der Waals surface area contributed by atoms with Crippen molar-refractivity contribution in [2.24, 2.45) is 11.7 Å². The van der Waals surface area contributed by atoms with Gasteiger partial charge in [0.2, 0.25) is 0 Å². The van der Waals surface area contributed by atoms with E-state index < -0.39 is 0 Å². The van der Waals surface area contributed by atoms with Gasteiger partial charge in [0.05, 0.1) is 21.7 Å². The van der Waals surface area contributed by atoms with Crippen molar-refractivity contribution in [3.05, 3.63) is 34.6 Å². The van der Waals surface area contributed by atoms with E-state index in [1.165, 1.54) is 0 Å². The molecular formula is C14H15BrN4O. The summed E-state index contributed by atoms with van der Waals surface area (Å²) < 4.78 is 2.65. The molecule has 1 amide bonds. The van der Waals surface area contributed by atoms with Gasteiger partial charge in [0.25, 0.3) is 5.91 Å². The third-order valence-corrected chi connectivity index (χ3v) is 5.31. The number of carbonyl (C=O) groups is 1. The van der Waals surface area contributed by atoms with Gasteiger partial charge in [-0.15, -0.1) is 0 Å². The number of hydrogen-bond acceptors (Lipinski definition) is 3. The van der Waals surface area contributed by atoms with Gasteiger partial charge in [0, 0.05) is 24.8 Å². The van der Waals surface area contributed by atoms with E-state index in [0.29, 0.717) is 18.0 Å². The molecule has 6 heteroatoms. The van der Waals surface area contributed by atoms with Crippen LogP contribution in [-0.2, 0) is 0 Å². The highest BCUT2D eigenvalue weighted by Crippen LogP contribution is 2.42. The van der Waals surface area contributed by atoms with Crippen LogP contribution in [-0.4, -0.2) is 39.0 Å². The molecule has 5 nitrogen and oxygen atoms in total. The molecule has 0 spiro atoms. The molecule has 2 aliphatic rings. The van der Waals surface area contributed by atoms with Crippen LogP contribution < -0.4 is 5.73 Å². The number of pyridine rings is 1. The van der Waals surface area contributed by atoms with Crippen LogP contribution in [0.5, 0.6) is 0 Å². The fraction of sp³-hybridized carbons (Fsp3) is 0.429. The average Bonchev–Trinajstić information content (AvgIpc) is 2.91. The predicted octanol–water partition coefficient (Wildman–Crippen LogP) is 1.66. The third-order valence-electron chi connectivity index (χ3n) is 4.70. The molecule has 4 rings (SSSR count). The third kappa shape index (κ3) is 1.64. The van der Waals surface area contributed by atoms with E-state index in [-0.39, 0.29) is 11.4 Å². The van der Waals surface area contributed by atoms with Crippen molar-refractivity contribution in [2.75, 3.05) is 13.1 Å². The van der Waals surface area contributed by atoms with Crippen LogP contribution in [0.25, 0.3) is 5.52 Å². The number of carbonyl (C=O) groups excluding carboxylic acids is 1. The maximum absolute atomic E-state index is 12.6. The zero-order valence-electron chi connectivity index (χ0n) is 10.9. The Kier molecular flexibility index (Phi) is 2.50. The van der Waals surface area contributed by atoms with E-state index in [9.17, 15) is 4.79 Å². The highest BCUT2D eigenvalue weighted by atomic mass is 79.9. The van der Waals surface area contributed by atoms with Crippen molar-refractivity contribution in [1.82, 2.24) is 14.5 Å². The summed E-state index contributed by atoms with van der Waals surface area (Å²) in [5, 5.41) is 4.22. The second kappa shape index (κ2) is 4.05. The summed E-state index contributed by atoms with van der Waals surface area (Å²) in [6.45, 7) is 1.47. The Balaban J connectivity index is 1.64. The second-order valence-electron chi connectivity index (χ2n) is 5.89. The SMILES string of the molecule is N[C@]12CC[C@H]1CN(C(=O)c1ccc3c(Br)cnn3c1)C2. The van der Waals surface area contributed by atoms with Gasteiger partial charge in [0.15, 0.2) is 0 Å². The van der Waals surface area contributed by atoms with E-state index in [1.54, 1.807) is 16.9 Å². The molecule has 0 unspecified atom stereocenters. The van der Waals surface area contributed by atoms with Gasteiger partial charge in [-0.1, -0.05) is 0 Å². The molecule has 1 saturated carbocycles. The molecule has 1 aliphatic heterocycles. The van der Waals surface area contributed by atoms with Crippen LogP contribution in [0.2, 0.25) is 0 Å². The highest BCUT2D eigenvalue weighted by molar-refractivity contribution is 9.10. The monoisotopic (exact) mass is 334 g/mol. The van der Waals surface area contributed by atoms with E-state index in [0.717, 1.165) is 29.4 Å². The molecule has 0 aromatic carbocycles. The summed E-state index contributed by atoms with van der Waals surface area (Å²) in [5.74, 6) is 0.534. The lowest BCUT2D eigenvalue weighted by atomic mass is 9.70. The molecule has 1 aliphatic carbocycles. The molecule has 3 heterocycles. The summed E-state index contributed by atoms with van der Waals surface area (Å²) in [6.07, 6.45) is 5.69. The lowest BCUT2D eigenvalue weighted by molar-refractivity contribution is 0.0784. The lowest BCUT2D eigenvalue weighted by Gasteiger charge is -2.39. The minimum absolute atomic E-state index is 0.0535. The van der Waals surface area contributed by atoms with Crippen LogP contribution in [0.4, 0.5) is 0 Å². The van der Waals surface area contributed by atoms with E-state index in [1.807, 2.05) is 17.0 Å². The minimum Gasteiger partial charge on any atom is -0.336 e. The summed E-state index contributed by atoms with van der Waals surface area (Å²) in [6, 6.07) is 3.76. The predicted molar refractivity (Wildman–Crippen MR) is 78.4 cm³/mol. The summed E-state index contributed by atoms with van der Waals surface area (Å²) >= 11 is 3.43. The lowest BCUT2D eigenvalue weighted by Crippen LogP contribution is -2.54. The number of aromatic nitrogens is 2. The molecule has 2 atom stereocenters. The number of halogens is 1. The van der Waals surface area contributed by atoms with E-state index in [4.69, 9.17) is 5.73 Å². The van der Waals surface area contributed by atoms with Gasteiger partial charge in [-0.25, -0.2) is 4.52 Å². The number of fused-ring (bicyclic) bond motifs is 2. The highest BCUT2D eigenvalue weighted by Gasteiger charge is 2.51. The Hall–Kier alpha value is -1.40. The van der Waals surface area contributed by atoms with Crippen LogP contribution in [0.1, 0.15) is 23.2 Å². The quantitative estimate of drug-likeness (QED) is 0.862. The summed E-state index contributed by atoms with van der Waals surface area (Å²) in [4.78, 5) is 14.5. The molecule has 20 heavy (non-hydrogen) atoms. The number of amides is 1. The van der Waals surface area contributed by atoms with Crippen molar-refractivity contribution in [2.45, 2.75) is 18.4 Å². The van der Waals surface area contributed by atoms with Crippen LogP contribution >= 0.6 is 15.9 Å². The van der Waals surface area contributed by atoms with Crippen molar-refractivity contribution in [3.8, 4) is 0 Å². The van der Waals surface area contributed by atoms with Crippen molar-refractivity contribution in [3.63, 3.8) is 0 Å². The van der Waals surface area contributed by atoms with Crippen molar-refractivity contribution in [1.29, 1.82) is 0 Å². The molecule has 0 bridgehead atoms. The Bertz CT molecular complexity index is 712. The first kappa shape index (κ1) is 12.3. The smallest absolute Gasteiger partial charge is 0.255 e. The first-order valence-electron chi connectivity index (χ1n) is 6.78.